The molecule has 0 aliphatic carbocycles. The van der Waals surface area contributed by atoms with Gasteiger partial charge in [0.25, 0.3) is 0 Å². The summed E-state index contributed by atoms with van der Waals surface area (Å²) >= 11 is 0. The Labute approximate surface area is 200 Å². The Hall–Kier alpha value is -2.36. The number of piperidine rings is 1. The summed E-state index contributed by atoms with van der Waals surface area (Å²) in [6.45, 7) is 6.52. The Bertz CT molecular complexity index is 1120. The van der Waals surface area contributed by atoms with Crippen molar-refractivity contribution in [1.29, 1.82) is 0 Å². The SMILES string of the molecule is CC(C)Cc1ccc(S(=O)(=O)N2CCC3(CC2)NCCN=C3NCc2cc(F)cc(F)c2)cc1. The summed E-state index contributed by atoms with van der Waals surface area (Å²) in [4.78, 5) is 4.95. The average molecular weight is 491 g/mol. The zero-order valence-corrected chi connectivity index (χ0v) is 20.5. The predicted molar refractivity (Wildman–Crippen MR) is 129 cm³/mol. The Morgan fingerprint density at radius 1 is 1.06 bits per heavy atom. The fourth-order valence-electron chi connectivity index (χ4n) is 4.76. The molecule has 9 heteroatoms. The number of hydrogen-bond donors (Lipinski definition) is 2. The Morgan fingerprint density at radius 3 is 2.32 bits per heavy atom. The molecule has 0 saturated carbocycles. The lowest BCUT2D eigenvalue weighted by atomic mass is 9.85. The predicted octanol–water partition coefficient (Wildman–Crippen LogP) is 3.48. The van der Waals surface area contributed by atoms with Crippen molar-refractivity contribution in [1.82, 2.24) is 14.9 Å². The van der Waals surface area contributed by atoms with Crippen LogP contribution in [0.25, 0.3) is 0 Å². The number of nitrogens with one attached hydrogen (secondary N) is 2. The largest absolute Gasteiger partial charge is 0.368 e. The van der Waals surface area contributed by atoms with Crippen LogP contribution in [0.4, 0.5) is 8.78 Å². The first kappa shape index (κ1) is 24.8. The standard InChI is InChI=1S/C25H32F2N4O2S/c1-18(2)13-19-3-5-23(6-4-19)34(32,33)31-11-7-25(8-12-31)24(28-9-10-30-25)29-17-20-14-21(26)16-22(27)15-20/h3-6,14-16,18,30H,7-13,17H2,1-2H3,(H,28,29). The minimum atomic E-state index is -3.58. The quantitative estimate of drug-likeness (QED) is 0.650. The smallest absolute Gasteiger partial charge is 0.243 e. The Morgan fingerprint density at radius 2 is 1.71 bits per heavy atom. The van der Waals surface area contributed by atoms with Crippen LogP contribution in [0.2, 0.25) is 0 Å². The fraction of sp³-hybridized carbons (Fsp3) is 0.480. The monoisotopic (exact) mass is 490 g/mol. The first-order valence-electron chi connectivity index (χ1n) is 11.8. The fourth-order valence-corrected chi connectivity index (χ4v) is 6.20. The molecule has 2 N–H and O–H groups in total. The highest BCUT2D eigenvalue weighted by Gasteiger charge is 2.43. The van der Waals surface area contributed by atoms with Gasteiger partial charge in [-0.3, -0.25) is 4.99 Å². The van der Waals surface area contributed by atoms with E-state index in [1.807, 2.05) is 12.1 Å². The van der Waals surface area contributed by atoms with Gasteiger partial charge in [0, 0.05) is 32.2 Å². The van der Waals surface area contributed by atoms with Gasteiger partial charge in [0.2, 0.25) is 10.0 Å². The van der Waals surface area contributed by atoms with Gasteiger partial charge in [-0.05, 0) is 60.6 Å². The van der Waals surface area contributed by atoms with Crippen molar-refractivity contribution in [2.45, 2.75) is 50.1 Å². The zero-order valence-electron chi connectivity index (χ0n) is 19.7. The first-order chi connectivity index (χ1) is 16.2. The molecule has 0 bridgehead atoms. The lowest BCUT2D eigenvalue weighted by molar-refractivity contribution is 0.241. The molecule has 0 atom stereocenters. The molecule has 0 amide bonds. The summed E-state index contributed by atoms with van der Waals surface area (Å²) in [5.41, 5.74) is 1.14. The molecule has 0 aromatic heterocycles. The molecule has 1 spiro atoms. The molecular formula is C25H32F2N4O2S. The van der Waals surface area contributed by atoms with Gasteiger partial charge in [-0.15, -0.1) is 0 Å². The summed E-state index contributed by atoms with van der Waals surface area (Å²) in [7, 11) is -3.58. The summed E-state index contributed by atoms with van der Waals surface area (Å²) in [5.74, 6) is -0.0106. The van der Waals surface area contributed by atoms with Crippen LogP contribution in [0.3, 0.4) is 0 Å². The zero-order chi connectivity index (χ0) is 24.3. The van der Waals surface area contributed by atoms with E-state index >= 15 is 0 Å². The molecule has 0 radical (unpaired) electrons. The number of hydrogen-bond acceptors (Lipinski definition) is 5. The van der Waals surface area contributed by atoms with Gasteiger partial charge in [0.1, 0.15) is 17.5 Å². The molecule has 6 nitrogen and oxygen atoms in total. The minimum Gasteiger partial charge on any atom is -0.368 e. The third-order valence-electron chi connectivity index (χ3n) is 6.46. The normalized spacial score (nSPS) is 18.8. The van der Waals surface area contributed by atoms with Gasteiger partial charge in [0.15, 0.2) is 0 Å². The molecule has 4 rings (SSSR count). The van der Waals surface area contributed by atoms with E-state index in [1.54, 1.807) is 12.1 Å². The summed E-state index contributed by atoms with van der Waals surface area (Å²) in [6, 6.07) is 10.6. The molecule has 2 heterocycles. The number of benzene rings is 2. The number of rotatable bonds is 6. The van der Waals surface area contributed by atoms with Crippen LogP contribution in [0, 0.1) is 17.6 Å². The van der Waals surface area contributed by atoms with Gasteiger partial charge >= 0.3 is 0 Å². The molecule has 1 fully saturated rings. The summed E-state index contributed by atoms with van der Waals surface area (Å²) < 4.78 is 55.1. The van der Waals surface area contributed by atoms with Crippen molar-refractivity contribution in [3.05, 3.63) is 65.2 Å². The van der Waals surface area contributed by atoms with E-state index in [2.05, 4.69) is 29.5 Å². The van der Waals surface area contributed by atoms with E-state index in [-0.39, 0.29) is 6.54 Å². The van der Waals surface area contributed by atoms with E-state index in [9.17, 15) is 17.2 Å². The van der Waals surface area contributed by atoms with Gasteiger partial charge in [0.05, 0.1) is 17.0 Å². The van der Waals surface area contributed by atoms with Gasteiger partial charge in [-0.1, -0.05) is 26.0 Å². The third-order valence-corrected chi connectivity index (χ3v) is 8.37. The molecule has 2 aromatic carbocycles. The highest BCUT2D eigenvalue weighted by molar-refractivity contribution is 7.89. The Balaban J connectivity index is 1.43. The molecule has 0 unspecified atom stereocenters. The molecule has 2 aromatic rings. The molecule has 2 aliphatic rings. The van der Waals surface area contributed by atoms with Crippen molar-refractivity contribution in [3.8, 4) is 0 Å². The summed E-state index contributed by atoms with van der Waals surface area (Å²) in [5, 5.41) is 6.76. The molecular weight excluding hydrogens is 458 g/mol. The molecule has 34 heavy (non-hydrogen) atoms. The maximum Gasteiger partial charge on any atom is 0.243 e. The number of amidine groups is 1. The van der Waals surface area contributed by atoms with Crippen LogP contribution in [0.5, 0.6) is 0 Å². The van der Waals surface area contributed by atoms with Crippen LogP contribution >= 0.6 is 0 Å². The minimum absolute atomic E-state index is 0.238. The second kappa shape index (κ2) is 10.1. The average Bonchev–Trinajstić information content (AvgIpc) is 2.78. The van der Waals surface area contributed by atoms with E-state index in [4.69, 9.17) is 0 Å². The Kier molecular flexibility index (Phi) is 7.35. The van der Waals surface area contributed by atoms with E-state index in [0.29, 0.717) is 55.4 Å². The van der Waals surface area contributed by atoms with Crippen LogP contribution in [-0.4, -0.2) is 50.3 Å². The number of halogens is 2. The maximum atomic E-state index is 13.5. The summed E-state index contributed by atoms with van der Waals surface area (Å²) in [6.07, 6.45) is 2.03. The van der Waals surface area contributed by atoms with E-state index in [1.165, 1.54) is 16.4 Å². The van der Waals surface area contributed by atoms with Crippen molar-refractivity contribution in [2.75, 3.05) is 26.2 Å². The van der Waals surface area contributed by atoms with Crippen LogP contribution < -0.4 is 10.6 Å². The molecule has 2 aliphatic heterocycles. The van der Waals surface area contributed by atoms with Gasteiger partial charge < -0.3 is 10.6 Å². The van der Waals surface area contributed by atoms with E-state index in [0.717, 1.165) is 23.9 Å². The van der Waals surface area contributed by atoms with Crippen molar-refractivity contribution in [3.63, 3.8) is 0 Å². The lowest BCUT2D eigenvalue weighted by Gasteiger charge is -2.44. The molecule has 1 saturated heterocycles. The van der Waals surface area contributed by atoms with Crippen molar-refractivity contribution < 1.29 is 17.2 Å². The van der Waals surface area contributed by atoms with Crippen molar-refractivity contribution in [2.24, 2.45) is 10.9 Å². The number of aliphatic imine (C=N–C) groups is 1. The number of sulfonamides is 1. The lowest BCUT2D eigenvalue weighted by Crippen LogP contribution is -2.64. The van der Waals surface area contributed by atoms with Crippen LogP contribution in [0.15, 0.2) is 52.4 Å². The highest BCUT2D eigenvalue weighted by Crippen LogP contribution is 2.29. The van der Waals surface area contributed by atoms with E-state index < -0.39 is 27.2 Å². The first-order valence-corrected chi connectivity index (χ1v) is 13.2. The van der Waals surface area contributed by atoms with Crippen molar-refractivity contribution >= 4 is 15.9 Å². The van der Waals surface area contributed by atoms with Crippen LogP contribution in [-0.2, 0) is 23.0 Å². The highest BCUT2D eigenvalue weighted by atomic mass is 32.2. The topological polar surface area (TPSA) is 73.8 Å². The van der Waals surface area contributed by atoms with Gasteiger partial charge in [-0.2, -0.15) is 4.31 Å². The number of nitrogens with zero attached hydrogens (tertiary/aromatic N) is 2. The maximum absolute atomic E-state index is 13.5. The third kappa shape index (κ3) is 5.47. The second-order valence-electron chi connectivity index (χ2n) is 9.52. The van der Waals surface area contributed by atoms with Gasteiger partial charge in [-0.25, -0.2) is 17.2 Å². The van der Waals surface area contributed by atoms with Crippen LogP contribution in [0.1, 0.15) is 37.8 Å². The molecule has 184 valence electrons. The second-order valence-corrected chi connectivity index (χ2v) is 11.5.